The molecule has 0 unspecified atom stereocenters. The maximum absolute atomic E-state index is 11.1. The molecule has 1 atom stereocenters. The highest BCUT2D eigenvalue weighted by molar-refractivity contribution is 8.00. The van der Waals surface area contributed by atoms with Gasteiger partial charge in [0.15, 0.2) is 0 Å². The number of hydrogen-bond acceptors (Lipinski definition) is 3. The lowest BCUT2D eigenvalue weighted by Crippen LogP contribution is -2.50. The molecule has 0 aromatic carbocycles. The van der Waals surface area contributed by atoms with Gasteiger partial charge in [-0.2, -0.15) is 11.8 Å². The number of amides is 1. The number of rotatable bonds is 3. The first kappa shape index (κ1) is 10.8. The third kappa shape index (κ3) is 2.71. The number of hydrogen-bond donors (Lipinski definition) is 2. The van der Waals surface area contributed by atoms with Crippen LogP contribution < -0.4 is 11.1 Å². The molecule has 0 aliphatic carbocycles. The smallest absolute Gasteiger partial charge is 0.238 e. The zero-order valence-electron chi connectivity index (χ0n) is 7.47. The van der Waals surface area contributed by atoms with Gasteiger partial charge in [0.1, 0.15) is 0 Å². The van der Waals surface area contributed by atoms with Crippen molar-refractivity contribution in [1.82, 2.24) is 5.32 Å². The third-order valence-corrected chi connectivity index (χ3v) is 3.11. The molecule has 66 valence electrons. The highest BCUT2D eigenvalue weighted by Crippen LogP contribution is 2.23. The Hall–Kier alpha value is -0.220. The van der Waals surface area contributed by atoms with Gasteiger partial charge in [-0.1, -0.05) is 0 Å². The van der Waals surface area contributed by atoms with Crippen molar-refractivity contribution in [1.29, 1.82) is 0 Å². The number of carbonyl (C=O) groups is 1. The Morgan fingerprint density at radius 2 is 2.09 bits per heavy atom. The van der Waals surface area contributed by atoms with Crippen LogP contribution in [0.4, 0.5) is 0 Å². The number of thioether (sulfide) groups is 1. The summed E-state index contributed by atoms with van der Waals surface area (Å²) in [6.07, 6.45) is 1.95. The topological polar surface area (TPSA) is 55.1 Å². The van der Waals surface area contributed by atoms with Crippen molar-refractivity contribution in [2.45, 2.75) is 24.6 Å². The van der Waals surface area contributed by atoms with Gasteiger partial charge in [-0.3, -0.25) is 4.79 Å². The Balaban J connectivity index is 4.22. The molecule has 4 heteroatoms. The molecule has 0 saturated carbocycles. The van der Waals surface area contributed by atoms with Crippen molar-refractivity contribution < 1.29 is 4.79 Å². The molecule has 11 heavy (non-hydrogen) atoms. The quantitative estimate of drug-likeness (QED) is 0.646. The molecule has 0 fully saturated rings. The molecule has 0 radical (unpaired) electrons. The summed E-state index contributed by atoms with van der Waals surface area (Å²) in [7, 11) is 1.60. The maximum Gasteiger partial charge on any atom is 0.238 e. The molecule has 3 N–H and O–H groups in total. The molecular weight excluding hydrogens is 160 g/mol. The molecule has 0 heterocycles. The van der Waals surface area contributed by atoms with Crippen LogP contribution >= 0.6 is 11.8 Å². The zero-order chi connectivity index (χ0) is 9.07. The van der Waals surface area contributed by atoms with Gasteiger partial charge < -0.3 is 11.1 Å². The van der Waals surface area contributed by atoms with Crippen LogP contribution in [0.5, 0.6) is 0 Å². The lowest BCUT2D eigenvalue weighted by molar-refractivity contribution is -0.122. The van der Waals surface area contributed by atoms with Gasteiger partial charge in [-0.15, -0.1) is 0 Å². The van der Waals surface area contributed by atoms with Gasteiger partial charge in [0, 0.05) is 11.8 Å². The lowest BCUT2D eigenvalue weighted by Gasteiger charge is -2.27. The summed E-state index contributed by atoms with van der Waals surface area (Å²) in [4.78, 5) is 11.1. The van der Waals surface area contributed by atoms with E-state index in [-0.39, 0.29) is 10.7 Å². The van der Waals surface area contributed by atoms with E-state index < -0.39 is 6.04 Å². The van der Waals surface area contributed by atoms with Crippen LogP contribution in [0.15, 0.2) is 0 Å². The molecular formula is C7H16N2OS. The van der Waals surface area contributed by atoms with E-state index in [1.807, 2.05) is 20.1 Å². The monoisotopic (exact) mass is 176 g/mol. The normalized spacial score (nSPS) is 14.3. The van der Waals surface area contributed by atoms with Gasteiger partial charge >= 0.3 is 0 Å². The van der Waals surface area contributed by atoms with Gasteiger partial charge in [0.2, 0.25) is 5.91 Å². The molecule has 0 rings (SSSR count). The molecule has 3 nitrogen and oxygen atoms in total. The molecule has 1 amide bonds. The van der Waals surface area contributed by atoms with E-state index >= 15 is 0 Å². The summed E-state index contributed by atoms with van der Waals surface area (Å²) in [5, 5.41) is 2.53. The first-order chi connectivity index (χ1) is 4.95. The first-order valence-electron chi connectivity index (χ1n) is 3.48. The zero-order valence-corrected chi connectivity index (χ0v) is 8.29. The average Bonchev–Trinajstić information content (AvgIpc) is 2.01. The van der Waals surface area contributed by atoms with Gasteiger partial charge in [-0.25, -0.2) is 0 Å². The van der Waals surface area contributed by atoms with Crippen LogP contribution in [-0.2, 0) is 4.79 Å². The van der Waals surface area contributed by atoms with Crippen molar-refractivity contribution in [3.63, 3.8) is 0 Å². The van der Waals surface area contributed by atoms with E-state index in [0.29, 0.717) is 0 Å². The molecule has 0 aromatic heterocycles. The van der Waals surface area contributed by atoms with Gasteiger partial charge in [-0.05, 0) is 20.1 Å². The Kier molecular flexibility index (Phi) is 3.89. The minimum absolute atomic E-state index is 0.107. The fraction of sp³-hybridized carbons (Fsp3) is 0.857. The van der Waals surface area contributed by atoms with E-state index in [2.05, 4.69) is 5.32 Å². The van der Waals surface area contributed by atoms with E-state index in [1.165, 1.54) is 0 Å². The van der Waals surface area contributed by atoms with Crippen molar-refractivity contribution >= 4 is 17.7 Å². The highest BCUT2D eigenvalue weighted by atomic mass is 32.2. The molecule has 0 aliphatic rings. The summed E-state index contributed by atoms with van der Waals surface area (Å²) in [6, 6.07) is -0.442. The molecule has 0 aliphatic heterocycles. The fourth-order valence-corrected chi connectivity index (χ4v) is 0.959. The second-order valence-corrected chi connectivity index (χ2v) is 4.36. The number of nitrogens with two attached hydrogens (primary N) is 1. The molecule has 0 bridgehead atoms. The SMILES string of the molecule is CNC(=O)[C@@H](N)C(C)(C)SC. The fourth-order valence-electron chi connectivity index (χ4n) is 0.598. The van der Waals surface area contributed by atoms with Crippen LogP contribution in [0.3, 0.4) is 0 Å². The second kappa shape index (κ2) is 3.97. The summed E-state index contributed by atoms with van der Waals surface area (Å²) < 4.78 is -0.194. The number of carbonyl (C=O) groups excluding carboxylic acids is 1. The van der Waals surface area contributed by atoms with E-state index in [0.717, 1.165) is 0 Å². The summed E-state index contributed by atoms with van der Waals surface area (Å²) in [5.74, 6) is -0.107. The van der Waals surface area contributed by atoms with E-state index in [1.54, 1.807) is 18.8 Å². The first-order valence-corrected chi connectivity index (χ1v) is 4.70. The summed E-state index contributed by atoms with van der Waals surface area (Å²) >= 11 is 1.59. The highest BCUT2D eigenvalue weighted by Gasteiger charge is 2.30. The third-order valence-electron chi connectivity index (χ3n) is 1.80. The van der Waals surface area contributed by atoms with Crippen LogP contribution in [0.25, 0.3) is 0 Å². The average molecular weight is 176 g/mol. The van der Waals surface area contributed by atoms with Gasteiger partial charge in [0.05, 0.1) is 6.04 Å². The maximum atomic E-state index is 11.1. The standard InChI is InChI=1S/C7H16N2OS/c1-7(2,11-4)5(8)6(10)9-3/h5H,8H2,1-4H3,(H,9,10)/t5-/m1/s1. The minimum Gasteiger partial charge on any atom is -0.358 e. The lowest BCUT2D eigenvalue weighted by atomic mass is 10.0. The second-order valence-electron chi connectivity index (χ2n) is 2.90. The van der Waals surface area contributed by atoms with Crippen LogP contribution in [-0.4, -0.2) is 30.0 Å². The molecule has 0 saturated heterocycles. The Bertz CT molecular complexity index is 147. The largest absolute Gasteiger partial charge is 0.358 e. The Labute approximate surface area is 72.1 Å². The van der Waals surface area contributed by atoms with Crippen LogP contribution in [0.2, 0.25) is 0 Å². The van der Waals surface area contributed by atoms with Crippen molar-refractivity contribution in [3.05, 3.63) is 0 Å². The molecule has 0 aromatic rings. The van der Waals surface area contributed by atoms with Crippen LogP contribution in [0, 0.1) is 0 Å². The van der Waals surface area contributed by atoms with Gasteiger partial charge in [0.25, 0.3) is 0 Å². The summed E-state index contributed by atoms with van der Waals surface area (Å²) in [5.41, 5.74) is 5.68. The Morgan fingerprint density at radius 1 is 1.64 bits per heavy atom. The predicted molar refractivity (Wildman–Crippen MR) is 49.6 cm³/mol. The van der Waals surface area contributed by atoms with Crippen molar-refractivity contribution in [2.75, 3.05) is 13.3 Å². The summed E-state index contributed by atoms with van der Waals surface area (Å²) in [6.45, 7) is 3.91. The van der Waals surface area contributed by atoms with Crippen molar-refractivity contribution in [2.24, 2.45) is 5.73 Å². The number of nitrogens with one attached hydrogen (secondary N) is 1. The Morgan fingerprint density at radius 3 is 2.36 bits per heavy atom. The van der Waals surface area contributed by atoms with E-state index in [4.69, 9.17) is 5.73 Å². The van der Waals surface area contributed by atoms with Crippen LogP contribution in [0.1, 0.15) is 13.8 Å². The molecule has 0 spiro atoms. The number of likely N-dealkylation sites (N-methyl/N-ethyl adjacent to an activating group) is 1. The predicted octanol–water partition coefficient (Wildman–Crippen LogP) is 0.201. The van der Waals surface area contributed by atoms with Crippen molar-refractivity contribution in [3.8, 4) is 0 Å². The van der Waals surface area contributed by atoms with E-state index in [9.17, 15) is 4.79 Å². The minimum atomic E-state index is -0.442.